The van der Waals surface area contributed by atoms with Crippen LogP contribution < -0.4 is 10.9 Å². The largest absolute Gasteiger partial charge is 0.351 e. The summed E-state index contributed by atoms with van der Waals surface area (Å²) in [7, 11) is 0. The van der Waals surface area contributed by atoms with Crippen molar-refractivity contribution in [3.05, 3.63) is 112 Å². The fourth-order valence-corrected chi connectivity index (χ4v) is 5.02. The van der Waals surface area contributed by atoms with Crippen molar-refractivity contribution in [3.63, 3.8) is 0 Å². The molecule has 188 valence electrons. The predicted octanol–water partition coefficient (Wildman–Crippen LogP) is 5.15. The van der Waals surface area contributed by atoms with Gasteiger partial charge in [-0.05, 0) is 49.4 Å². The van der Waals surface area contributed by atoms with Crippen molar-refractivity contribution in [1.29, 1.82) is 0 Å². The molecule has 6 heteroatoms. The van der Waals surface area contributed by atoms with Crippen LogP contribution in [0.15, 0.2) is 83.8 Å². The van der Waals surface area contributed by atoms with E-state index in [1.165, 1.54) is 21.4 Å². The minimum Gasteiger partial charge on any atom is -0.351 e. The highest BCUT2D eigenvalue weighted by molar-refractivity contribution is 6.07. The van der Waals surface area contributed by atoms with Gasteiger partial charge in [-0.25, -0.2) is 4.68 Å². The van der Waals surface area contributed by atoms with Crippen LogP contribution in [0.1, 0.15) is 35.6 Å². The van der Waals surface area contributed by atoms with Crippen molar-refractivity contribution in [2.24, 2.45) is 0 Å². The molecule has 0 fully saturated rings. The lowest BCUT2D eigenvalue weighted by Gasteiger charge is -2.17. The maximum Gasteiger partial charge on any atom is 0.291 e. The summed E-state index contributed by atoms with van der Waals surface area (Å²) in [6, 6.07) is 24.5. The van der Waals surface area contributed by atoms with Gasteiger partial charge in [-0.1, -0.05) is 79.2 Å². The Morgan fingerprint density at radius 2 is 1.73 bits per heavy atom. The first kappa shape index (κ1) is 24.5. The Morgan fingerprint density at radius 1 is 0.973 bits per heavy atom. The zero-order valence-electron chi connectivity index (χ0n) is 21.6. The van der Waals surface area contributed by atoms with Gasteiger partial charge in [0.05, 0.1) is 6.20 Å². The molecule has 2 aromatic heterocycles. The third kappa shape index (κ3) is 5.05. The summed E-state index contributed by atoms with van der Waals surface area (Å²) < 4.78 is 3.35. The molecule has 0 spiro atoms. The van der Waals surface area contributed by atoms with Crippen LogP contribution >= 0.6 is 0 Å². The molecular formula is C31H32N4O2. The predicted molar refractivity (Wildman–Crippen MR) is 149 cm³/mol. The number of nitrogens with zero attached hydrogens (tertiary/aromatic N) is 3. The van der Waals surface area contributed by atoms with Crippen LogP contribution in [0, 0.1) is 13.8 Å². The SMILES string of the molecule is CCC(Cc1ccccc1)NC(=O)Cn1ncc2c3ccccc3n(Cc3cc(C)ccc3C)c2c1=O. The molecule has 5 aromatic rings. The maximum atomic E-state index is 13.7. The van der Waals surface area contributed by atoms with Crippen molar-refractivity contribution in [2.75, 3.05) is 0 Å². The molecule has 1 amide bonds. The number of amides is 1. The molecule has 0 aliphatic heterocycles. The van der Waals surface area contributed by atoms with Gasteiger partial charge in [-0.15, -0.1) is 0 Å². The third-order valence-corrected chi connectivity index (χ3v) is 7.08. The van der Waals surface area contributed by atoms with Gasteiger partial charge in [0, 0.05) is 28.9 Å². The fourth-order valence-electron chi connectivity index (χ4n) is 5.02. The highest BCUT2D eigenvalue weighted by Crippen LogP contribution is 2.28. The van der Waals surface area contributed by atoms with E-state index in [0.717, 1.165) is 34.7 Å². The summed E-state index contributed by atoms with van der Waals surface area (Å²) in [6.07, 6.45) is 3.26. The molecule has 1 unspecified atom stereocenters. The molecular weight excluding hydrogens is 460 g/mol. The molecule has 3 aromatic carbocycles. The maximum absolute atomic E-state index is 13.7. The molecule has 5 rings (SSSR count). The summed E-state index contributed by atoms with van der Waals surface area (Å²) in [5.74, 6) is -0.214. The fraction of sp³-hybridized carbons (Fsp3) is 0.258. The van der Waals surface area contributed by atoms with Crippen molar-refractivity contribution in [3.8, 4) is 0 Å². The van der Waals surface area contributed by atoms with Gasteiger partial charge in [-0.2, -0.15) is 5.10 Å². The van der Waals surface area contributed by atoms with Crippen LogP contribution in [-0.2, 0) is 24.3 Å². The number of hydrogen-bond donors (Lipinski definition) is 1. The number of benzene rings is 3. The zero-order valence-corrected chi connectivity index (χ0v) is 21.6. The Morgan fingerprint density at radius 3 is 2.51 bits per heavy atom. The first-order valence-electron chi connectivity index (χ1n) is 12.8. The van der Waals surface area contributed by atoms with Crippen molar-refractivity contribution < 1.29 is 4.79 Å². The van der Waals surface area contributed by atoms with Crippen molar-refractivity contribution in [2.45, 2.75) is 52.7 Å². The topological polar surface area (TPSA) is 68.9 Å². The zero-order chi connectivity index (χ0) is 25.9. The summed E-state index contributed by atoms with van der Waals surface area (Å²) in [5, 5.41) is 9.27. The van der Waals surface area contributed by atoms with Gasteiger partial charge in [-0.3, -0.25) is 9.59 Å². The van der Waals surface area contributed by atoms with Crippen LogP contribution in [0.2, 0.25) is 0 Å². The van der Waals surface area contributed by atoms with E-state index < -0.39 is 0 Å². The van der Waals surface area contributed by atoms with Crippen molar-refractivity contribution in [1.82, 2.24) is 19.7 Å². The monoisotopic (exact) mass is 492 g/mol. The second-order valence-electron chi connectivity index (χ2n) is 9.77. The molecule has 0 bridgehead atoms. The van der Waals surface area contributed by atoms with Crippen LogP contribution in [0.5, 0.6) is 0 Å². The van der Waals surface area contributed by atoms with Crippen LogP contribution in [0.3, 0.4) is 0 Å². The number of fused-ring (bicyclic) bond motifs is 3. The first-order valence-corrected chi connectivity index (χ1v) is 12.8. The second-order valence-corrected chi connectivity index (χ2v) is 9.77. The standard InChI is InChI=1S/C31H32N4O2/c1-4-25(17-23-10-6-5-7-11-23)33-29(36)20-35-31(37)30-27(18-32-35)26-12-8-9-13-28(26)34(30)19-24-16-21(2)14-15-22(24)3/h5-16,18,25H,4,17,19-20H2,1-3H3,(H,33,36). The molecule has 37 heavy (non-hydrogen) atoms. The van der Waals surface area contributed by atoms with E-state index in [9.17, 15) is 9.59 Å². The molecule has 2 heterocycles. The number of hydrogen-bond acceptors (Lipinski definition) is 3. The van der Waals surface area contributed by atoms with E-state index in [1.807, 2.05) is 42.5 Å². The highest BCUT2D eigenvalue weighted by atomic mass is 16.2. The van der Waals surface area contributed by atoms with Gasteiger partial charge in [0.1, 0.15) is 12.1 Å². The molecule has 0 saturated heterocycles. The van der Waals surface area contributed by atoms with Crippen LogP contribution in [-0.4, -0.2) is 26.3 Å². The van der Waals surface area contributed by atoms with E-state index in [1.54, 1.807) is 6.20 Å². The Kier molecular flexibility index (Phi) is 6.91. The molecule has 0 aliphatic rings. The summed E-state index contributed by atoms with van der Waals surface area (Å²) in [5.41, 5.74) is 5.98. The normalized spacial score (nSPS) is 12.2. The first-order chi connectivity index (χ1) is 17.9. The Balaban J connectivity index is 1.48. The smallest absolute Gasteiger partial charge is 0.291 e. The van der Waals surface area contributed by atoms with Gasteiger partial charge >= 0.3 is 0 Å². The Labute approximate surface area is 216 Å². The number of rotatable bonds is 8. The Bertz CT molecular complexity index is 1630. The average molecular weight is 493 g/mol. The number of aromatic nitrogens is 3. The van der Waals surface area contributed by atoms with Crippen LogP contribution in [0.25, 0.3) is 21.8 Å². The molecule has 0 aliphatic carbocycles. The summed E-state index contributed by atoms with van der Waals surface area (Å²) in [4.78, 5) is 26.7. The van der Waals surface area contributed by atoms with E-state index >= 15 is 0 Å². The number of carbonyl (C=O) groups is 1. The summed E-state index contributed by atoms with van der Waals surface area (Å²) in [6.45, 7) is 6.66. The summed E-state index contributed by atoms with van der Waals surface area (Å²) >= 11 is 0. The van der Waals surface area contributed by atoms with Gasteiger partial charge in [0.15, 0.2) is 0 Å². The highest BCUT2D eigenvalue weighted by Gasteiger charge is 2.19. The lowest BCUT2D eigenvalue weighted by molar-refractivity contribution is -0.122. The number of aryl methyl sites for hydroxylation is 2. The molecule has 0 saturated carbocycles. The number of carbonyl (C=O) groups excluding carboxylic acids is 1. The average Bonchev–Trinajstić information content (AvgIpc) is 3.22. The Hall–Kier alpha value is -4.19. The molecule has 6 nitrogen and oxygen atoms in total. The van der Waals surface area contributed by atoms with Gasteiger partial charge < -0.3 is 9.88 Å². The van der Waals surface area contributed by atoms with Gasteiger partial charge in [0.2, 0.25) is 5.91 Å². The van der Waals surface area contributed by atoms with E-state index in [4.69, 9.17) is 0 Å². The molecule has 1 atom stereocenters. The quantitative estimate of drug-likeness (QED) is 0.326. The van der Waals surface area contributed by atoms with Crippen LogP contribution in [0.4, 0.5) is 0 Å². The third-order valence-electron chi connectivity index (χ3n) is 7.08. The van der Waals surface area contributed by atoms with E-state index in [2.05, 4.69) is 66.1 Å². The number of nitrogens with one attached hydrogen (secondary N) is 1. The number of para-hydroxylation sites is 1. The van der Waals surface area contributed by atoms with E-state index in [-0.39, 0.29) is 24.1 Å². The second kappa shape index (κ2) is 10.4. The van der Waals surface area contributed by atoms with E-state index in [0.29, 0.717) is 12.1 Å². The minimum atomic E-state index is -0.259. The molecule has 1 N–H and O–H groups in total. The van der Waals surface area contributed by atoms with Gasteiger partial charge in [0.25, 0.3) is 5.56 Å². The molecule has 0 radical (unpaired) electrons. The lowest BCUT2D eigenvalue weighted by Crippen LogP contribution is -2.40. The van der Waals surface area contributed by atoms with Crippen molar-refractivity contribution >= 4 is 27.7 Å². The lowest BCUT2D eigenvalue weighted by atomic mass is 10.0. The minimum absolute atomic E-state index is 0.00919.